The van der Waals surface area contributed by atoms with Gasteiger partial charge in [0, 0.05) is 32.4 Å². The molecular weight excluding hydrogens is 696 g/mol. The van der Waals surface area contributed by atoms with Gasteiger partial charge < -0.3 is 31.6 Å². The molecule has 1 aliphatic rings. The Labute approximate surface area is 257 Å². The van der Waals surface area contributed by atoms with Gasteiger partial charge in [-0.15, -0.1) is 6.67 Å². The van der Waals surface area contributed by atoms with Crippen LogP contribution in [0.2, 0.25) is 0 Å². The van der Waals surface area contributed by atoms with E-state index < -0.39 is 0 Å². The largest absolute Gasteiger partial charge is 1.00 e. The van der Waals surface area contributed by atoms with Crippen molar-refractivity contribution in [2.45, 2.75) is 79.1 Å². The van der Waals surface area contributed by atoms with Crippen LogP contribution in [0.3, 0.4) is 0 Å². The third-order valence-electron chi connectivity index (χ3n) is 5.84. The van der Waals surface area contributed by atoms with Crippen LogP contribution in [0.15, 0.2) is 48.8 Å². The van der Waals surface area contributed by atoms with Crippen LogP contribution in [0, 0.1) is 14.1 Å². The quantitative estimate of drug-likeness (QED) is 0.173. The molecule has 2 aromatic carbocycles. The summed E-state index contributed by atoms with van der Waals surface area (Å²) >= 11 is 0. The molecule has 0 fully saturated rings. The predicted molar refractivity (Wildman–Crippen MR) is 154 cm³/mol. The van der Waals surface area contributed by atoms with Gasteiger partial charge in [-0.05, 0) is 58.3 Å². The van der Waals surface area contributed by atoms with E-state index in [-0.39, 0.29) is 45.6 Å². The van der Waals surface area contributed by atoms with E-state index >= 15 is 0 Å². The minimum Gasteiger partial charge on any atom is -0.545 e. The molecule has 5 nitrogen and oxygen atoms in total. The summed E-state index contributed by atoms with van der Waals surface area (Å²) in [5.74, 6) is 1.92. The van der Waals surface area contributed by atoms with Gasteiger partial charge in [-0.3, -0.25) is 20.4 Å². The van der Waals surface area contributed by atoms with E-state index in [1.807, 2.05) is 0 Å². The summed E-state index contributed by atoms with van der Waals surface area (Å²) in [6.45, 7) is 30.3. The number of hydrogen-bond donors (Lipinski definition) is 0. The second-order valence-electron chi connectivity index (χ2n) is 9.42. The first-order chi connectivity index (χ1) is 16.7. The zero-order chi connectivity index (χ0) is 27.3. The summed E-state index contributed by atoms with van der Waals surface area (Å²) in [7, 11) is 0. The van der Waals surface area contributed by atoms with Crippen LogP contribution in [-0.2, 0) is 52.5 Å². The van der Waals surface area contributed by atoms with Crippen molar-refractivity contribution in [3.05, 3.63) is 85.1 Å². The van der Waals surface area contributed by atoms with Gasteiger partial charge in [-0.25, -0.2) is 0 Å². The molecule has 0 radical (unpaired) electrons. The molecule has 0 aromatic heterocycles. The van der Waals surface area contributed by atoms with Crippen LogP contribution in [0.1, 0.15) is 101 Å². The number of rotatable bonds is 6. The molecule has 38 heavy (non-hydrogen) atoms. The molecule has 0 aliphatic carbocycles. The Morgan fingerprint density at radius 3 is 0.947 bits per heavy atom. The standard InChI is InChI=1S/C27H37N2.3CHO.CH3.Cu.W/c1-18(2)22-11-9-12-23(19(3)4)26(22)28-15-16-29(17-28)27-24(20(5)6)13-10-14-25(27)21(7)8;3*1-2;;;/h9-21H,1-8H3;3*1H;1H3;;/q5*-1;+1;. The fourth-order valence-electron chi connectivity index (χ4n) is 4.24. The van der Waals surface area contributed by atoms with E-state index in [1.165, 1.54) is 33.6 Å². The van der Waals surface area contributed by atoms with Crippen molar-refractivity contribution in [3.63, 3.8) is 0 Å². The van der Waals surface area contributed by atoms with Gasteiger partial charge in [0.05, 0.1) is 0 Å². The smallest absolute Gasteiger partial charge is 0.545 e. The normalized spacial score (nSPS) is 11.3. The van der Waals surface area contributed by atoms with Gasteiger partial charge in [0.1, 0.15) is 0 Å². The van der Waals surface area contributed by atoms with Gasteiger partial charge in [-0.2, -0.15) is 0 Å². The fourth-order valence-corrected chi connectivity index (χ4v) is 4.24. The number of hydrogen-bond acceptors (Lipinski definition) is 5. The van der Waals surface area contributed by atoms with Crippen LogP contribution in [0.5, 0.6) is 0 Å². The molecule has 0 amide bonds. The molecule has 0 spiro atoms. The maximum Gasteiger partial charge on any atom is 1.00 e. The minimum atomic E-state index is 0. The first-order valence-electron chi connectivity index (χ1n) is 11.8. The van der Waals surface area contributed by atoms with Crippen molar-refractivity contribution >= 4 is 31.7 Å². The maximum atomic E-state index is 7.75. The molecule has 2 aromatic rings. The first kappa shape index (κ1) is 43.1. The Balaban J connectivity index is -0.000000600. The summed E-state index contributed by atoms with van der Waals surface area (Å²) in [4.78, 5) is 27.9. The van der Waals surface area contributed by atoms with Gasteiger partial charge in [0.2, 0.25) is 0 Å². The average molecular weight is 739 g/mol. The van der Waals surface area contributed by atoms with Crippen molar-refractivity contribution in [1.82, 2.24) is 0 Å². The number of carbonyl (C=O) groups excluding carboxylic acids is 3. The first-order valence-corrected chi connectivity index (χ1v) is 11.8. The van der Waals surface area contributed by atoms with Gasteiger partial charge in [0.25, 0.3) is 0 Å². The van der Waals surface area contributed by atoms with Gasteiger partial charge in [0.15, 0.2) is 0 Å². The minimum absolute atomic E-state index is 0. The van der Waals surface area contributed by atoms with Crippen molar-refractivity contribution < 1.29 is 52.5 Å². The summed E-state index contributed by atoms with van der Waals surface area (Å²) in [5, 5.41) is 0. The number of benzene rings is 2. The number of anilines is 2. The third-order valence-corrected chi connectivity index (χ3v) is 5.84. The Hall–Kier alpha value is -2.00. The summed E-state index contributed by atoms with van der Waals surface area (Å²) in [6, 6.07) is 13.5. The molecule has 0 unspecified atom stereocenters. The molecule has 0 saturated heterocycles. The molecule has 0 N–H and O–H groups in total. The number of para-hydroxylation sites is 2. The summed E-state index contributed by atoms with van der Waals surface area (Å²) in [6.07, 6.45) is 4.43. The van der Waals surface area contributed by atoms with Crippen molar-refractivity contribution in [1.29, 1.82) is 0 Å². The summed E-state index contributed by atoms with van der Waals surface area (Å²) < 4.78 is 0. The molecule has 0 atom stereocenters. The van der Waals surface area contributed by atoms with Crippen LogP contribution >= 0.6 is 0 Å². The van der Waals surface area contributed by atoms with Crippen LogP contribution in [0.25, 0.3) is 0 Å². The monoisotopic (exact) mass is 738 g/mol. The van der Waals surface area contributed by atoms with E-state index in [9.17, 15) is 0 Å². The van der Waals surface area contributed by atoms with Crippen LogP contribution in [0.4, 0.5) is 11.4 Å². The number of nitrogens with zero attached hydrogens (tertiary/aromatic N) is 2. The summed E-state index contributed by atoms with van der Waals surface area (Å²) in [5.41, 5.74) is 8.29. The Kier molecular flexibility index (Phi) is 24.8. The van der Waals surface area contributed by atoms with Crippen molar-refractivity contribution in [3.8, 4) is 0 Å². The SMILES string of the molecule is CC(C)c1cccc(C(C)C)c1N1C=CN(c2c(C(C)C)cccc2C(C)C)[CH-]1.[CH-]=O.[CH-]=O.[CH-]=O.[CH3-].[Cu+].[W]. The van der Waals surface area contributed by atoms with Crippen molar-refractivity contribution in [2.24, 2.45) is 0 Å². The molecular formula is C31H43CuN2O3W-4. The molecule has 216 valence electrons. The molecule has 0 saturated carbocycles. The van der Waals surface area contributed by atoms with Gasteiger partial charge in [-0.1, -0.05) is 91.8 Å². The predicted octanol–water partition coefficient (Wildman–Crippen LogP) is 7.72. The molecule has 0 bridgehead atoms. The van der Waals surface area contributed by atoms with Gasteiger partial charge >= 0.3 is 17.1 Å². The molecule has 3 rings (SSSR count). The fraction of sp³-hybridized carbons (Fsp3) is 0.387. The molecule has 1 aliphatic heterocycles. The third kappa shape index (κ3) is 10.6. The van der Waals surface area contributed by atoms with Crippen LogP contribution in [-0.4, -0.2) is 20.4 Å². The van der Waals surface area contributed by atoms with Crippen molar-refractivity contribution in [2.75, 3.05) is 9.80 Å². The second-order valence-corrected chi connectivity index (χ2v) is 9.42. The zero-order valence-electron chi connectivity index (χ0n) is 24.1. The zero-order valence-corrected chi connectivity index (χ0v) is 27.9. The topological polar surface area (TPSA) is 57.7 Å². The van der Waals surface area contributed by atoms with E-state index in [1.54, 1.807) is 0 Å². The second kappa shape index (κ2) is 21.9. The Morgan fingerprint density at radius 2 is 0.763 bits per heavy atom. The van der Waals surface area contributed by atoms with E-state index in [0.717, 1.165) is 0 Å². The van der Waals surface area contributed by atoms with Crippen LogP contribution < -0.4 is 9.80 Å². The molecule has 7 heteroatoms. The molecule has 1 heterocycles. The maximum absolute atomic E-state index is 7.75. The average Bonchev–Trinajstić information content (AvgIpc) is 3.36. The van der Waals surface area contributed by atoms with E-state index in [2.05, 4.69) is 141 Å². The Morgan fingerprint density at radius 1 is 0.553 bits per heavy atom. The van der Waals surface area contributed by atoms with E-state index in [4.69, 9.17) is 14.4 Å². The van der Waals surface area contributed by atoms with E-state index in [0.29, 0.717) is 23.7 Å². The Bertz CT molecular complexity index is 820.